The van der Waals surface area contributed by atoms with Crippen molar-refractivity contribution in [1.29, 1.82) is 0 Å². The van der Waals surface area contributed by atoms with E-state index < -0.39 is 17.6 Å². The molecule has 0 fully saturated rings. The predicted molar refractivity (Wildman–Crippen MR) is 112 cm³/mol. The molecular formula is C21H23N5O3. The number of aromatic nitrogens is 2. The van der Waals surface area contributed by atoms with Gasteiger partial charge in [-0.2, -0.15) is 0 Å². The molecule has 3 rings (SSSR count). The normalized spacial score (nSPS) is 11.1. The van der Waals surface area contributed by atoms with E-state index in [2.05, 4.69) is 20.6 Å². The summed E-state index contributed by atoms with van der Waals surface area (Å²) in [7, 11) is 0. The Kier molecular flexibility index (Phi) is 5.63. The van der Waals surface area contributed by atoms with E-state index >= 15 is 0 Å². The lowest BCUT2D eigenvalue weighted by Gasteiger charge is -2.19. The standard InChI is InChI=1S/C21H23N5O3/c1-21(2,3)29-20(28)26-14-9-7-13(8-10-14)11-23-19-16-6-4-5-15(18(22)27)17(16)24-12-25-19/h4-10,12H,11H2,1-3H3,(H2,22,27)(H,26,28)(H,23,24,25). The third-order valence-corrected chi connectivity index (χ3v) is 3.99. The second-order valence-electron chi connectivity index (χ2n) is 7.47. The van der Waals surface area contributed by atoms with Crippen LogP contribution in [0.2, 0.25) is 0 Å². The van der Waals surface area contributed by atoms with Crippen molar-refractivity contribution in [2.24, 2.45) is 5.73 Å². The van der Waals surface area contributed by atoms with Crippen molar-refractivity contribution in [2.75, 3.05) is 10.6 Å². The summed E-state index contributed by atoms with van der Waals surface area (Å²) in [6.45, 7) is 5.93. The van der Waals surface area contributed by atoms with Crippen LogP contribution in [0.3, 0.4) is 0 Å². The molecule has 0 aliphatic heterocycles. The highest BCUT2D eigenvalue weighted by Gasteiger charge is 2.16. The Morgan fingerprint density at radius 2 is 1.79 bits per heavy atom. The van der Waals surface area contributed by atoms with Gasteiger partial charge in [0.1, 0.15) is 17.7 Å². The quantitative estimate of drug-likeness (QED) is 0.608. The number of carbonyl (C=O) groups excluding carboxylic acids is 2. The number of ether oxygens (including phenoxy) is 1. The monoisotopic (exact) mass is 393 g/mol. The Morgan fingerprint density at radius 1 is 1.07 bits per heavy atom. The third kappa shape index (κ3) is 5.19. The maximum Gasteiger partial charge on any atom is 0.412 e. The van der Waals surface area contributed by atoms with Crippen molar-refractivity contribution in [1.82, 2.24) is 9.97 Å². The molecule has 0 spiro atoms. The van der Waals surface area contributed by atoms with Crippen molar-refractivity contribution in [3.05, 3.63) is 59.9 Å². The van der Waals surface area contributed by atoms with Crippen LogP contribution < -0.4 is 16.4 Å². The van der Waals surface area contributed by atoms with E-state index in [4.69, 9.17) is 10.5 Å². The van der Waals surface area contributed by atoms with Crippen LogP contribution in [0.5, 0.6) is 0 Å². The molecule has 0 bridgehead atoms. The van der Waals surface area contributed by atoms with Crippen LogP contribution in [0.4, 0.5) is 16.3 Å². The van der Waals surface area contributed by atoms with Crippen LogP contribution in [0.25, 0.3) is 10.9 Å². The Bertz CT molecular complexity index is 1040. The molecule has 0 saturated carbocycles. The van der Waals surface area contributed by atoms with E-state index in [1.54, 1.807) is 24.3 Å². The van der Waals surface area contributed by atoms with Crippen LogP contribution in [0.1, 0.15) is 36.7 Å². The summed E-state index contributed by atoms with van der Waals surface area (Å²) in [5, 5.41) is 6.66. The van der Waals surface area contributed by atoms with Crippen molar-refractivity contribution < 1.29 is 14.3 Å². The molecule has 0 atom stereocenters. The minimum Gasteiger partial charge on any atom is -0.444 e. The van der Waals surface area contributed by atoms with Crippen molar-refractivity contribution in [2.45, 2.75) is 32.9 Å². The molecule has 2 aromatic carbocycles. The van der Waals surface area contributed by atoms with E-state index in [9.17, 15) is 9.59 Å². The summed E-state index contributed by atoms with van der Waals surface area (Å²) >= 11 is 0. The maximum atomic E-state index is 11.8. The van der Waals surface area contributed by atoms with Gasteiger partial charge in [0.25, 0.3) is 5.91 Å². The van der Waals surface area contributed by atoms with E-state index in [-0.39, 0.29) is 0 Å². The molecule has 0 aliphatic rings. The van der Waals surface area contributed by atoms with Gasteiger partial charge in [-0.05, 0) is 50.6 Å². The first-order chi connectivity index (χ1) is 13.7. The summed E-state index contributed by atoms with van der Waals surface area (Å²) in [6.07, 6.45) is 0.895. The first-order valence-corrected chi connectivity index (χ1v) is 9.09. The Labute approximate surface area is 168 Å². The molecule has 0 unspecified atom stereocenters. The van der Waals surface area contributed by atoms with Crippen molar-refractivity contribution in [3.63, 3.8) is 0 Å². The van der Waals surface area contributed by atoms with Crippen LogP contribution in [-0.4, -0.2) is 27.6 Å². The second kappa shape index (κ2) is 8.14. The van der Waals surface area contributed by atoms with Gasteiger partial charge in [0, 0.05) is 17.6 Å². The number of nitrogens with one attached hydrogen (secondary N) is 2. The van der Waals surface area contributed by atoms with Gasteiger partial charge in [-0.1, -0.05) is 18.2 Å². The number of fused-ring (bicyclic) bond motifs is 1. The zero-order chi connectivity index (χ0) is 21.0. The zero-order valence-corrected chi connectivity index (χ0v) is 16.5. The molecule has 2 amide bonds. The Balaban J connectivity index is 1.69. The van der Waals surface area contributed by atoms with Gasteiger partial charge in [0.05, 0.1) is 11.1 Å². The van der Waals surface area contributed by atoms with Gasteiger partial charge in [-0.3, -0.25) is 10.1 Å². The molecule has 29 heavy (non-hydrogen) atoms. The maximum absolute atomic E-state index is 11.8. The zero-order valence-electron chi connectivity index (χ0n) is 16.5. The molecule has 3 aromatic rings. The molecule has 0 aliphatic carbocycles. The number of primary amides is 1. The largest absolute Gasteiger partial charge is 0.444 e. The summed E-state index contributed by atoms with van der Waals surface area (Å²) < 4.78 is 5.24. The minimum absolute atomic E-state index is 0.352. The fourth-order valence-electron chi connectivity index (χ4n) is 2.74. The number of benzene rings is 2. The second-order valence-corrected chi connectivity index (χ2v) is 7.47. The number of amides is 2. The summed E-state index contributed by atoms with van der Waals surface area (Å²) in [4.78, 5) is 31.9. The van der Waals surface area contributed by atoms with Crippen molar-refractivity contribution in [3.8, 4) is 0 Å². The van der Waals surface area contributed by atoms with Gasteiger partial charge in [-0.25, -0.2) is 14.8 Å². The van der Waals surface area contributed by atoms with Crippen LogP contribution >= 0.6 is 0 Å². The third-order valence-electron chi connectivity index (χ3n) is 3.99. The molecule has 150 valence electrons. The smallest absolute Gasteiger partial charge is 0.412 e. The van der Waals surface area contributed by atoms with Crippen LogP contribution in [0, 0.1) is 0 Å². The number of para-hydroxylation sites is 1. The van der Waals surface area contributed by atoms with Gasteiger partial charge in [0.2, 0.25) is 0 Å². The summed E-state index contributed by atoms with van der Waals surface area (Å²) in [5.74, 6) is 0.0717. The fraction of sp³-hybridized carbons (Fsp3) is 0.238. The highest BCUT2D eigenvalue weighted by Crippen LogP contribution is 2.23. The number of rotatable bonds is 5. The van der Waals surface area contributed by atoms with Crippen molar-refractivity contribution >= 4 is 34.4 Å². The molecule has 4 N–H and O–H groups in total. The van der Waals surface area contributed by atoms with Gasteiger partial charge in [-0.15, -0.1) is 0 Å². The number of nitrogens with zero attached hydrogens (tertiary/aromatic N) is 2. The number of hydrogen-bond acceptors (Lipinski definition) is 6. The number of hydrogen-bond donors (Lipinski definition) is 3. The summed E-state index contributed by atoms with van der Waals surface area (Å²) in [6, 6.07) is 12.6. The minimum atomic E-state index is -0.553. The van der Waals surface area contributed by atoms with E-state index in [1.165, 1.54) is 6.33 Å². The van der Waals surface area contributed by atoms with E-state index in [1.807, 2.05) is 39.0 Å². The number of carbonyl (C=O) groups is 2. The van der Waals surface area contributed by atoms with E-state index in [0.717, 1.165) is 5.56 Å². The topological polar surface area (TPSA) is 119 Å². The van der Waals surface area contributed by atoms with Gasteiger partial charge < -0.3 is 15.8 Å². The molecule has 8 heteroatoms. The van der Waals surface area contributed by atoms with E-state index in [0.29, 0.717) is 34.5 Å². The fourth-order valence-corrected chi connectivity index (χ4v) is 2.74. The molecule has 8 nitrogen and oxygen atoms in total. The average molecular weight is 393 g/mol. The SMILES string of the molecule is CC(C)(C)OC(=O)Nc1ccc(CNc2ncnc3c(C(N)=O)cccc23)cc1. The first kappa shape index (κ1) is 20.1. The molecule has 1 heterocycles. The van der Waals surface area contributed by atoms with Crippen LogP contribution in [-0.2, 0) is 11.3 Å². The molecule has 0 radical (unpaired) electrons. The first-order valence-electron chi connectivity index (χ1n) is 9.09. The average Bonchev–Trinajstić information content (AvgIpc) is 2.65. The lowest BCUT2D eigenvalue weighted by Crippen LogP contribution is -2.27. The predicted octanol–water partition coefficient (Wildman–Crippen LogP) is 3.69. The number of anilines is 2. The highest BCUT2D eigenvalue weighted by molar-refractivity contribution is 6.06. The highest BCUT2D eigenvalue weighted by atomic mass is 16.6. The lowest BCUT2D eigenvalue weighted by atomic mass is 10.1. The molecular weight excluding hydrogens is 370 g/mol. The van der Waals surface area contributed by atoms with Gasteiger partial charge in [0.15, 0.2) is 0 Å². The molecule has 0 saturated heterocycles. The Morgan fingerprint density at radius 3 is 2.45 bits per heavy atom. The Hall–Kier alpha value is -3.68. The number of nitrogens with two attached hydrogens (primary N) is 1. The van der Waals surface area contributed by atoms with Gasteiger partial charge >= 0.3 is 6.09 Å². The van der Waals surface area contributed by atoms with Crippen LogP contribution in [0.15, 0.2) is 48.8 Å². The lowest BCUT2D eigenvalue weighted by molar-refractivity contribution is 0.0635. The molecule has 1 aromatic heterocycles. The summed E-state index contributed by atoms with van der Waals surface area (Å²) in [5.41, 5.74) is 7.35.